The van der Waals surface area contributed by atoms with Crippen LogP contribution in [-0.2, 0) is 9.24 Å². The first kappa shape index (κ1) is 17.3. The second kappa shape index (κ2) is 7.04. The lowest BCUT2D eigenvalue weighted by molar-refractivity contribution is -0.158. The Morgan fingerprint density at radius 1 is 1.21 bits per heavy atom. The molecular weight excluding hydrogens is 301 g/mol. The predicted molar refractivity (Wildman–Crippen MR) is 50.8 cm³/mol. The van der Waals surface area contributed by atoms with Crippen LogP contribution >= 0.6 is 7.82 Å². The zero-order chi connectivity index (χ0) is 15.2. The minimum Gasteiger partial charge on any atom is -0.301 e. The Balaban J connectivity index is 0.000000459. The van der Waals surface area contributed by atoms with Gasteiger partial charge in [-0.2, -0.15) is 0 Å². The Morgan fingerprint density at radius 2 is 1.68 bits per heavy atom. The fourth-order valence-electron chi connectivity index (χ4n) is 0.681. The second-order valence-corrected chi connectivity index (χ2v) is 3.73. The number of nitrogens with zero attached hydrogens (tertiary/aromatic N) is 3. The molecule has 0 aliphatic heterocycles. The first-order chi connectivity index (χ1) is 8.64. The molecule has 8 nitrogen and oxygen atoms in total. The van der Waals surface area contributed by atoms with Crippen LogP contribution in [0.25, 0.3) is 10.4 Å². The Morgan fingerprint density at radius 3 is 2.05 bits per heavy atom. The summed E-state index contributed by atoms with van der Waals surface area (Å²) in [5.41, 5.74) is 6.93. The molecule has 0 bridgehead atoms. The number of phosphoric acid groups is 1. The minimum absolute atomic E-state index is 0.271. The molecule has 1 aromatic rings. The molecule has 0 aromatic heterocycles. The summed E-state index contributed by atoms with van der Waals surface area (Å²) in [6, 6.07) is 0.271. The molecule has 0 heterocycles. The molecule has 1 rings (SSSR count). The van der Waals surface area contributed by atoms with Crippen LogP contribution in [0.2, 0.25) is 0 Å². The third kappa shape index (κ3) is 5.66. The summed E-state index contributed by atoms with van der Waals surface area (Å²) in [6.07, 6.45) is 0. The van der Waals surface area contributed by atoms with E-state index >= 15 is 0 Å². The summed E-state index contributed by atoms with van der Waals surface area (Å²) in [7, 11) is -4.59. The van der Waals surface area contributed by atoms with Crippen LogP contribution in [0.5, 0.6) is 0 Å². The van der Waals surface area contributed by atoms with Gasteiger partial charge in [0, 0.05) is 4.91 Å². The number of benzene rings is 1. The smallest absolute Gasteiger partial charge is 0.301 e. The van der Waals surface area contributed by atoms with E-state index in [2.05, 4.69) is 14.7 Å². The molecule has 0 radical (unpaired) electrons. The van der Waals surface area contributed by atoms with Crippen LogP contribution in [0.15, 0.2) is 11.2 Å². The summed E-state index contributed by atoms with van der Waals surface area (Å²) in [6.45, 7) is 0. The monoisotopic (exact) mass is 305 g/mol. The van der Waals surface area contributed by atoms with Crippen molar-refractivity contribution < 1.29 is 41.8 Å². The number of hydrogen-bond donors (Lipinski definition) is 3. The van der Waals surface area contributed by atoms with Crippen molar-refractivity contribution in [1.82, 2.24) is 0 Å². The van der Waals surface area contributed by atoms with Crippen molar-refractivity contribution in [2.45, 2.75) is 0 Å². The summed E-state index contributed by atoms with van der Waals surface area (Å²) < 4.78 is 61.5. The summed E-state index contributed by atoms with van der Waals surface area (Å²) in [4.78, 5) is 17.0. The lowest BCUT2D eigenvalue weighted by atomic mass is 10.3. The highest BCUT2D eigenvalue weighted by Crippen LogP contribution is 2.33. The van der Waals surface area contributed by atoms with Crippen LogP contribution in [-0.4, -0.2) is 15.0 Å². The van der Waals surface area contributed by atoms with Crippen molar-refractivity contribution in [1.29, 1.82) is 0 Å². The van der Waals surface area contributed by atoms with Gasteiger partial charge in [-0.05, 0) is 11.6 Å². The molecule has 0 spiro atoms. The lowest BCUT2D eigenvalue weighted by Gasteiger charge is -1.99. The highest BCUT2D eigenvalue weighted by atomic mass is 31.2. The van der Waals surface area contributed by atoms with Crippen LogP contribution in [0.4, 0.5) is 23.2 Å². The molecule has 13 heteroatoms. The highest BCUT2D eigenvalue weighted by Gasteiger charge is 2.17. The topological polar surface area (TPSA) is 136 Å². The molecule has 0 aliphatic carbocycles. The zero-order valence-corrected chi connectivity index (χ0v) is 9.43. The maximum Gasteiger partial charge on any atom is 0.496 e. The summed E-state index contributed by atoms with van der Waals surface area (Å²) in [5, 5.41) is 9.77. The molecule has 0 aliphatic rings. The molecule has 0 atom stereocenters. The van der Waals surface area contributed by atoms with E-state index in [1.165, 1.54) is 0 Å². The van der Waals surface area contributed by atoms with Crippen molar-refractivity contribution in [2.24, 2.45) is 5.11 Å². The largest absolute Gasteiger partial charge is 0.496 e. The molecular formula is C6H4F4N3O5P. The van der Waals surface area contributed by atoms with Gasteiger partial charge in [0.15, 0.2) is 23.3 Å². The Hall–Kier alpha value is -1.68. The molecule has 0 saturated heterocycles. The number of halogens is 4. The quantitative estimate of drug-likeness (QED) is 0.0888. The minimum atomic E-state index is -4.59. The zero-order valence-electron chi connectivity index (χ0n) is 8.54. The normalized spacial score (nSPS) is 10.3. The van der Waals surface area contributed by atoms with E-state index in [4.69, 9.17) is 20.6 Å². The first-order valence-electron chi connectivity index (χ1n) is 3.90. The van der Waals surface area contributed by atoms with Crippen molar-refractivity contribution in [2.75, 3.05) is 0 Å². The average Bonchev–Trinajstić information content (AvgIpc) is 2.33. The predicted octanol–water partition coefficient (Wildman–Crippen LogP) is 2.75. The van der Waals surface area contributed by atoms with Crippen molar-refractivity contribution in [3.8, 4) is 0 Å². The van der Waals surface area contributed by atoms with Gasteiger partial charge >= 0.3 is 7.82 Å². The van der Waals surface area contributed by atoms with Gasteiger partial charge in [0.25, 0.3) is 0 Å². The molecule has 0 saturated carbocycles. The lowest BCUT2D eigenvalue weighted by Crippen LogP contribution is -1.94. The van der Waals surface area contributed by atoms with E-state index in [-0.39, 0.29) is 6.07 Å². The van der Waals surface area contributed by atoms with Crippen LogP contribution in [0, 0.1) is 23.3 Å². The van der Waals surface area contributed by atoms with Gasteiger partial charge in [-0.1, -0.05) is 5.11 Å². The van der Waals surface area contributed by atoms with E-state index in [1.54, 1.807) is 0 Å². The highest BCUT2D eigenvalue weighted by molar-refractivity contribution is 7.46. The molecule has 19 heavy (non-hydrogen) atoms. The van der Waals surface area contributed by atoms with Gasteiger partial charge in [-0.15, -0.1) is 4.67 Å². The standard InChI is InChI=1S/C6HF4N3.H3O5P/c7-2-1-3(12-13-11)5(9)6(10)4(2)8;1-5-6(2,3)4/h1H;1H,(H2,2,3,4). The van der Waals surface area contributed by atoms with Gasteiger partial charge in [-0.25, -0.2) is 27.4 Å². The van der Waals surface area contributed by atoms with Crippen molar-refractivity contribution >= 4 is 13.5 Å². The van der Waals surface area contributed by atoms with Gasteiger partial charge in [0.2, 0.25) is 0 Å². The molecule has 106 valence electrons. The van der Waals surface area contributed by atoms with E-state index in [9.17, 15) is 22.1 Å². The second-order valence-electron chi connectivity index (χ2n) is 2.58. The van der Waals surface area contributed by atoms with Crippen molar-refractivity contribution in [3.05, 3.63) is 39.8 Å². The van der Waals surface area contributed by atoms with E-state index in [0.717, 1.165) is 0 Å². The number of rotatable bonds is 2. The van der Waals surface area contributed by atoms with E-state index in [1.807, 2.05) is 0 Å². The van der Waals surface area contributed by atoms with E-state index < -0.39 is 36.8 Å². The Bertz CT molecular complexity index is 558. The molecule has 3 N–H and O–H groups in total. The number of azide groups is 1. The van der Waals surface area contributed by atoms with Gasteiger partial charge in [0.05, 0.1) is 5.69 Å². The SMILES string of the molecule is O=P(O)(O)OO.[N-]=[N+]=Nc1cc(F)c(F)c(F)c1F. The maximum atomic E-state index is 12.6. The fourth-order valence-corrected chi connectivity index (χ4v) is 0.681. The van der Waals surface area contributed by atoms with Crippen molar-refractivity contribution in [3.63, 3.8) is 0 Å². The van der Waals surface area contributed by atoms with Crippen LogP contribution in [0.3, 0.4) is 0 Å². The van der Waals surface area contributed by atoms with Crippen LogP contribution < -0.4 is 0 Å². The maximum absolute atomic E-state index is 12.6. The van der Waals surface area contributed by atoms with E-state index in [0.29, 0.717) is 0 Å². The first-order valence-corrected chi connectivity index (χ1v) is 5.43. The fraction of sp³-hybridized carbons (Fsp3) is 0. The van der Waals surface area contributed by atoms with Gasteiger partial charge in [0.1, 0.15) is 0 Å². The molecule has 0 amide bonds. The molecule has 1 aromatic carbocycles. The van der Waals surface area contributed by atoms with Gasteiger partial charge in [-0.3, -0.25) is 0 Å². The van der Waals surface area contributed by atoms with Crippen LogP contribution in [0.1, 0.15) is 0 Å². The number of hydrogen-bond acceptors (Lipinski definition) is 4. The summed E-state index contributed by atoms with van der Waals surface area (Å²) >= 11 is 0. The third-order valence-electron chi connectivity index (χ3n) is 1.34. The molecule has 0 fully saturated rings. The molecule has 0 unspecified atom stereocenters. The average molecular weight is 305 g/mol. The summed E-state index contributed by atoms with van der Waals surface area (Å²) in [5.74, 6) is -7.25. The Kier molecular flexibility index (Phi) is 6.42. The van der Waals surface area contributed by atoms with Gasteiger partial charge < -0.3 is 9.79 Å². The Labute approximate surface area is 101 Å². The third-order valence-corrected chi connectivity index (χ3v) is 1.55.